The van der Waals surface area contributed by atoms with E-state index in [0.717, 1.165) is 19.0 Å². The lowest BCUT2D eigenvalue weighted by Crippen LogP contribution is -2.48. The van der Waals surface area contributed by atoms with Crippen LogP contribution in [0.2, 0.25) is 0 Å². The average Bonchev–Trinajstić information content (AvgIpc) is 2.23. The van der Waals surface area contributed by atoms with Crippen LogP contribution in [0.1, 0.15) is 36.9 Å². The summed E-state index contributed by atoms with van der Waals surface area (Å²) in [6.07, 6.45) is 0. The fourth-order valence-electron chi connectivity index (χ4n) is 2.60. The summed E-state index contributed by atoms with van der Waals surface area (Å²) < 4.78 is 0. The molecule has 1 atom stereocenters. The van der Waals surface area contributed by atoms with Crippen molar-refractivity contribution >= 4 is 0 Å². The SMILES string of the molecule is CC(C)c1ccc(C(C2CNC2)N(C)C)cc1. The van der Waals surface area contributed by atoms with Crippen LogP contribution < -0.4 is 5.32 Å². The Morgan fingerprint density at radius 3 is 1.94 bits per heavy atom. The predicted octanol–water partition coefficient (Wildman–Crippen LogP) is 2.63. The van der Waals surface area contributed by atoms with Crippen LogP contribution in [0.15, 0.2) is 24.3 Å². The minimum atomic E-state index is 0.553. The third kappa shape index (κ3) is 2.70. The van der Waals surface area contributed by atoms with E-state index in [2.05, 4.69) is 62.4 Å². The highest BCUT2D eigenvalue weighted by Crippen LogP contribution is 2.30. The molecule has 1 heterocycles. The zero-order chi connectivity index (χ0) is 12.4. The second-order valence-electron chi connectivity index (χ2n) is 5.65. The van der Waals surface area contributed by atoms with Gasteiger partial charge in [-0.1, -0.05) is 38.1 Å². The van der Waals surface area contributed by atoms with E-state index >= 15 is 0 Å². The van der Waals surface area contributed by atoms with Gasteiger partial charge >= 0.3 is 0 Å². The van der Waals surface area contributed by atoms with Crippen molar-refractivity contribution in [1.29, 1.82) is 0 Å². The van der Waals surface area contributed by atoms with Crippen LogP contribution in [-0.4, -0.2) is 32.1 Å². The molecule has 94 valence electrons. The van der Waals surface area contributed by atoms with E-state index in [1.807, 2.05) is 0 Å². The summed E-state index contributed by atoms with van der Waals surface area (Å²) in [4.78, 5) is 2.34. The summed E-state index contributed by atoms with van der Waals surface area (Å²) in [7, 11) is 4.36. The van der Waals surface area contributed by atoms with Gasteiger partial charge in [-0.15, -0.1) is 0 Å². The standard InChI is InChI=1S/C15H24N2/c1-11(2)12-5-7-13(8-6-12)15(17(3)4)14-9-16-10-14/h5-8,11,14-16H,9-10H2,1-4H3. The Hall–Kier alpha value is -0.860. The highest BCUT2D eigenvalue weighted by atomic mass is 15.1. The van der Waals surface area contributed by atoms with E-state index in [1.165, 1.54) is 11.1 Å². The van der Waals surface area contributed by atoms with Crippen molar-refractivity contribution in [3.63, 3.8) is 0 Å². The Kier molecular flexibility index (Phi) is 3.85. The van der Waals surface area contributed by atoms with Crippen molar-refractivity contribution in [2.75, 3.05) is 27.2 Å². The Bertz CT molecular complexity index is 350. The fraction of sp³-hybridized carbons (Fsp3) is 0.600. The van der Waals surface area contributed by atoms with E-state index in [0.29, 0.717) is 12.0 Å². The van der Waals surface area contributed by atoms with Crippen LogP contribution in [0.5, 0.6) is 0 Å². The van der Waals surface area contributed by atoms with Crippen LogP contribution in [0, 0.1) is 5.92 Å². The molecule has 1 N–H and O–H groups in total. The maximum Gasteiger partial charge on any atom is 0.0394 e. The molecule has 1 aliphatic rings. The summed E-state index contributed by atoms with van der Waals surface area (Å²) in [6, 6.07) is 9.72. The van der Waals surface area contributed by atoms with Crippen molar-refractivity contribution < 1.29 is 0 Å². The van der Waals surface area contributed by atoms with Gasteiger partial charge in [-0.05, 0) is 31.1 Å². The van der Waals surface area contributed by atoms with Crippen molar-refractivity contribution in [1.82, 2.24) is 10.2 Å². The molecule has 0 aromatic heterocycles. The topological polar surface area (TPSA) is 15.3 Å². The van der Waals surface area contributed by atoms with E-state index in [9.17, 15) is 0 Å². The number of benzene rings is 1. The second-order valence-corrected chi connectivity index (χ2v) is 5.65. The lowest BCUT2D eigenvalue weighted by Gasteiger charge is -2.39. The molecule has 1 aliphatic heterocycles. The molecule has 1 aromatic rings. The van der Waals surface area contributed by atoms with Crippen molar-refractivity contribution in [2.45, 2.75) is 25.8 Å². The number of nitrogens with one attached hydrogen (secondary N) is 1. The number of nitrogens with zero attached hydrogens (tertiary/aromatic N) is 1. The monoisotopic (exact) mass is 232 g/mol. The minimum absolute atomic E-state index is 0.553. The second kappa shape index (κ2) is 5.19. The van der Waals surface area contributed by atoms with Gasteiger partial charge in [-0.25, -0.2) is 0 Å². The van der Waals surface area contributed by atoms with E-state index in [1.54, 1.807) is 0 Å². The van der Waals surface area contributed by atoms with Crippen LogP contribution >= 0.6 is 0 Å². The third-order valence-electron chi connectivity index (χ3n) is 3.76. The molecule has 1 unspecified atom stereocenters. The van der Waals surface area contributed by atoms with E-state index in [4.69, 9.17) is 0 Å². The first kappa shape index (κ1) is 12.6. The molecule has 0 saturated carbocycles. The molecule has 2 heteroatoms. The fourth-order valence-corrected chi connectivity index (χ4v) is 2.60. The number of rotatable bonds is 4. The van der Waals surface area contributed by atoms with Crippen LogP contribution in [0.4, 0.5) is 0 Å². The average molecular weight is 232 g/mol. The van der Waals surface area contributed by atoms with Crippen LogP contribution in [0.3, 0.4) is 0 Å². The predicted molar refractivity (Wildman–Crippen MR) is 73.3 cm³/mol. The molecule has 0 aliphatic carbocycles. The zero-order valence-corrected chi connectivity index (χ0v) is 11.4. The van der Waals surface area contributed by atoms with Crippen LogP contribution in [-0.2, 0) is 0 Å². The molecule has 1 saturated heterocycles. The third-order valence-corrected chi connectivity index (χ3v) is 3.76. The Labute approximate surface area is 105 Å². The maximum atomic E-state index is 3.37. The first-order valence-electron chi connectivity index (χ1n) is 6.56. The quantitative estimate of drug-likeness (QED) is 0.858. The first-order chi connectivity index (χ1) is 8.09. The molecule has 0 bridgehead atoms. The normalized spacial score (nSPS) is 18.5. The van der Waals surface area contributed by atoms with E-state index < -0.39 is 0 Å². The molecule has 0 radical (unpaired) electrons. The van der Waals surface area contributed by atoms with Crippen LogP contribution in [0.25, 0.3) is 0 Å². The molecule has 1 fully saturated rings. The van der Waals surface area contributed by atoms with E-state index in [-0.39, 0.29) is 0 Å². The van der Waals surface area contributed by atoms with Gasteiger partial charge < -0.3 is 10.2 Å². The molecule has 0 spiro atoms. The van der Waals surface area contributed by atoms with Crippen molar-refractivity contribution in [2.24, 2.45) is 5.92 Å². The summed E-state index contributed by atoms with van der Waals surface area (Å²) in [5.41, 5.74) is 2.88. The molecule has 2 rings (SSSR count). The van der Waals surface area contributed by atoms with Gasteiger partial charge in [0.15, 0.2) is 0 Å². The van der Waals surface area contributed by atoms with Gasteiger partial charge in [0.2, 0.25) is 0 Å². The zero-order valence-electron chi connectivity index (χ0n) is 11.4. The first-order valence-corrected chi connectivity index (χ1v) is 6.56. The molecular formula is C15H24N2. The number of hydrogen-bond acceptors (Lipinski definition) is 2. The number of hydrogen-bond donors (Lipinski definition) is 1. The Balaban J connectivity index is 2.18. The maximum absolute atomic E-state index is 3.37. The lowest BCUT2D eigenvalue weighted by molar-refractivity contribution is 0.161. The van der Waals surface area contributed by atoms with Gasteiger partial charge in [0.25, 0.3) is 0 Å². The summed E-state index contributed by atoms with van der Waals surface area (Å²) in [5, 5.41) is 3.37. The summed E-state index contributed by atoms with van der Waals surface area (Å²) in [6.45, 7) is 6.78. The highest BCUT2D eigenvalue weighted by molar-refractivity contribution is 5.27. The van der Waals surface area contributed by atoms with Gasteiger partial charge in [0.1, 0.15) is 0 Å². The Morgan fingerprint density at radius 1 is 1.06 bits per heavy atom. The molecule has 2 nitrogen and oxygen atoms in total. The smallest absolute Gasteiger partial charge is 0.0394 e. The summed E-state index contributed by atoms with van der Waals surface area (Å²) in [5.74, 6) is 1.38. The Morgan fingerprint density at radius 2 is 1.59 bits per heavy atom. The molecule has 1 aromatic carbocycles. The van der Waals surface area contributed by atoms with Gasteiger partial charge in [0.05, 0.1) is 0 Å². The molecule has 17 heavy (non-hydrogen) atoms. The van der Waals surface area contributed by atoms with Crippen molar-refractivity contribution in [3.8, 4) is 0 Å². The van der Waals surface area contributed by atoms with Gasteiger partial charge in [-0.3, -0.25) is 0 Å². The molecular weight excluding hydrogens is 208 g/mol. The van der Waals surface area contributed by atoms with Crippen molar-refractivity contribution in [3.05, 3.63) is 35.4 Å². The van der Waals surface area contributed by atoms with Gasteiger partial charge in [-0.2, -0.15) is 0 Å². The lowest BCUT2D eigenvalue weighted by atomic mass is 9.87. The van der Waals surface area contributed by atoms with Gasteiger partial charge in [0, 0.05) is 25.0 Å². The molecule has 0 amide bonds. The highest BCUT2D eigenvalue weighted by Gasteiger charge is 2.29. The largest absolute Gasteiger partial charge is 0.316 e. The minimum Gasteiger partial charge on any atom is -0.316 e. The summed E-state index contributed by atoms with van der Waals surface area (Å²) >= 11 is 0.